The summed E-state index contributed by atoms with van der Waals surface area (Å²) in [7, 11) is 0. The van der Waals surface area contributed by atoms with Gasteiger partial charge in [0.2, 0.25) is 0 Å². The summed E-state index contributed by atoms with van der Waals surface area (Å²) < 4.78 is 0. The maximum atomic E-state index is 10.3. The number of aromatic carboxylic acids is 1. The molecule has 5 nitrogen and oxygen atoms in total. The molecule has 0 aliphatic heterocycles. The van der Waals surface area contributed by atoms with E-state index < -0.39 is 5.97 Å². The van der Waals surface area contributed by atoms with Crippen molar-refractivity contribution in [2.24, 2.45) is 0 Å². The number of rotatable bonds is 5. The summed E-state index contributed by atoms with van der Waals surface area (Å²) in [5.41, 5.74) is 6.17. The average molecular weight is 268 g/mol. The van der Waals surface area contributed by atoms with Crippen LogP contribution in [0.5, 0.6) is 0 Å². The fraction of sp³-hybridized carbons (Fsp3) is 0.500. The lowest BCUT2D eigenvalue weighted by atomic mass is 10.2. The second-order valence-corrected chi connectivity index (χ2v) is 4.26. The van der Waals surface area contributed by atoms with Crippen LogP contribution in [0.25, 0.3) is 0 Å². The lowest BCUT2D eigenvalue weighted by Gasteiger charge is -2.18. The van der Waals surface area contributed by atoms with Gasteiger partial charge in [0.25, 0.3) is 0 Å². The third-order valence-corrected chi connectivity index (χ3v) is 2.57. The molecule has 0 amide bonds. The fourth-order valence-corrected chi connectivity index (χ4v) is 1.48. The Balaban J connectivity index is 0.000000344. The second kappa shape index (κ2) is 9.35. The van der Waals surface area contributed by atoms with Crippen LogP contribution < -0.4 is 5.73 Å². The number of carboxylic acids is 1. The van der Waals surface area contributed by atoms with Gasteiger partial charge in [-0.2, -0.15) is 0 Å². The highest BCUT2D eigenvalue weighted by molar-refractivity contribution is 5.87. The molecule has 5 heteroatoms. The standard InChI is InChI=1S/C7H7NO2.C7H17NO/c8-6-3-1-5(2-4-6)7(9)10;1-4-8(5-2)6-7(3)9/h1-4H,8H2,(H,9,10);7,9H,4-6H2,1-3H3. The van der Waals surface area contributed by atoms with Crippen molar-refractivity contribution in [3.8, 4) is 0 Å². The molecule has 19 heavy (non-hydrogen) atoms. The van der Waals surface area contributed by atoms with Gasteiger partial charge in [-0.3, -0.25) is 0 Å². The van der Waals surface area contributed by atoms with Gasteiger partial charge in [0.05, 0.1) is 11.7 Å². The number of carboxylic acid groups (broad SMARTS) is 1. The number of benzene rings is 1. The van der Waals surface area contributed by atoms with E-state index in [1.54, 1.807) is 12.1 Å². The Bertz CT molecular complexity index is 359. The van der Waals surface area contributed by atoms with Gasteiger partial charge in [-0.15, -0.1) is 0 Å². The van der Waals surface area contributed by atoms with Gasteiger partial charge in [0.15, 0.2) is 0 Å². The van der Waals surface area contributed by atoms with E-state index in [-0.39, 0.29) is 11.7 Å². The van der Waals surface area contributed by atoms with Crippen molar-refractivity contribution < 1.29 is 15.0 Å². The molecule has 0 aliphatic carbocycles. The summed E-state index contributed by atoms with van der Waals surface area (Å²) in [6, 6.07) is 6.06. The molecule has 0 aliphatic rings. The lowest BCUT2D eigenvalue weighted by Crippen LogP contribution is -2.30. The minimum absolute atomic E-state index is 0.190. The van der Waals surface area contributed by atoms with Gasteiger partial charge >= 0.3 is 5.97 Å². The molecule has 1 aromatic carbocycles. The molecule has 0 spiro atoms. The molecular formula is C14H24N2O3. The van der Waals surface area contributed by atoms with Crippen LogP contribution in [0.15, 0.2) is 24.3 Å². The summed E-state index contributed by atoms with van der Waals surface area (Å²) in [5, 5.41) is 17.4. The quantitative estimate of drug-likeness (QED) is 0.707. The van der Waals surface area contributed by atoms with Crippen LogP contribution in [0, 0.1) is 0 Å². The van der Waals surface area contributed by atoms with Crippen LogP contribution in [0.4, 0.5) is 5.69 Å². The molecule has 0 bridgehead atoms. The highest BCUT2D eigenvalue weighted by atomic mass is 16.4. The first-order chi connectivity index (χ1) is 8.90. The summed E-state index contributed by atoms with van der Waals surface area (Å²) in [5.74, 6) is -0.931. The van der Waals surface area contributed by atoms with E-state index in [1.165, 1.54) is 12.1 Å². The van der Waals surface area contributed by atoms with E-state index in [2.05, 4.69) is 18.7 Å². The number of nitrogens with two attached hydrogens (primary N) is 1. The van der Waals surface area contributed by atoms with Crippen LogP contribution in [0.3, 0.4) is 0 Å². The minimum atomic E-state index is -0.931. The third-order valence-electron chi connectivity index (χ3n) is 2.57. The Morgan fingerprint density at radius 3 is 2.00 bits per heavy atom. The first kappa shape index (κ1) is 17.4. The maximum Gasteiger partial charge on any atom is 0.335 e. The zero-order valence-electron chi connectivity index (χ0n) is 11.8. The molecule has 0 heterocycles. The molecule has 0 radical (unpaired) electrons. The number of aliphatic hydroxyl groups excluding tert-OH is 1. The largest absolute Gasteiger partial charge is 0.478 e. The van der Waals surface area contributed by atoms with E-state index in [0.29, 0.717) is 5.69 Å². The van der Waals surface area contributed by atoms with Crippen molar-refractivity contribution >= 4 is 11.7 Å². The first-order valence-electron chi connectivity index (χ1n) is 6.39. The highest BCUT2D eigenvalue weighted by Gasteiger charge is 2.01. The summed E-state index contributed by atoms with van der Waals surface area (Å²) in [6.07, 6.45) is -0.190. The van der Waals surface area contributed by atoms with Crippen molar-refractivity contribution in [1.82, 2.24) is 4.90 Å². The number of hydrogen-bond donors (Lipinski definition) is 3. The number of aliphatic hydroxyl groups is 1. The Labute approximate surface area is 114 Å². The smallest absolute Gasteiger partial charge is 0.335 e. The van der Waals surface area contributed by atoms with E-state index in [1.807, 2.05) is 6.92 Å². The third kappa shape index (κ3) is 8.18. The molecule has 4 N–H and O–H groups in total. The van der Waals surface area contributed by atoms with Gasteiger partial charge in [-0.25, -0.2) is 4.79 Å². The fourth-order valence-electron chi connectivity index (χ4n) is 1.48. The van der Waals surface area contributed by atoms with Crippen molar-refractivity contribution in [3.63, 3.8) is 0 Å². The molecule has 1 unspecified atom stereocenters. The molecule has 0 saturated heterocycles. The number of carbonyl (C=O) groups is 1. The van der Waals surface area contributed by atoms with Crippen molar-refractivity contribution in [1.29, 1.82) is 0 Å². The predicted molar refractivity (Wildman–Crippen MR) is 77.3 cm³/mol. The molecule has 108 valence electrons. The van der Waals surface area contributed by atoms with Crippen LogP contribution in [0.1, 0.15) is 31.1 Å². The maximum absolute atomic E-state index is 10.3. The minimum Gasteiger partial charge on any atom is -0.478 e. The first-order valence-corrected chi connectivity index (χ1v) is 6.39. The van der Waals surface area contributed by atoms with Crippen molar-refractivity contribution in [3.05, 3.63) is 29.8 Å². The van der Waals surface area contributed by atoms with E-state index in [9.17, 15) is 4.79 Å². The van der Waals surface area contributed by atoms with E-state index in [0.717, 1.165) is 19.6 Å². The van der Waals surface area contributed by atoms with Crippen molar-refractivity contribution in [2.75, 3.05) is 25.4 Å². The highest BCUT2D eigenvalue weighted by Crippen LogP contribution is 2.04. The molecule has 1 atom stereocenters. The monoisotopic (exact) mass is 268 g/mol. The Kier molecular flexibility index (Phi) is 8.57. The van der Waals surface area contributed by atoms with Crippen molar-refractivity contribution in [2.45, 2.75) is 26.9 Å². The zero-order chi connectivity index (χ0) is 14.8. The van der Waals surface area contributed by atoms with Gasteiger partial charge < -0.3 is 20.8 Å². The summed E-state index contributed by atoms with van der Waals surface area (Å²) in [4.78, 5) is 12.5. The van der Waals surface area contributed by atoms with Gasteiger partial charge in [-0.1, -0.05) is 13.8 Å². The van der Waals surface area contributed by atoms with E-state index >= 15 is 0 Å². The molecule has 0 fully saturated rings. The molecule has 1 aromatic rings. The lowest BCUT2D eigenvalue weighted by molar-refractivity contribution is 0.0697. The molecule has 0 saturated carbocycles. The van der Waals surface area contributed by atoms with Crippen LogP contribution >= 0.6 is 0 Å². The molecular weight excluding hydrogens is 244 g/mol. The molecule has 0 aromatic heterocycles. The second-order valence-electron chi connectivity index (χ2n) is 4.26. The summed E-state index contributed by atoms with van der Waals surface area (Å²) >= 11 is 0. The number of anilines is 1. The number of nitrogens with zero attached hydrogens (tertiary/aromatic N) is 1. The number of hydrogen-bond acceptors (Lipinski definition) is 4. The summed E-state index contributed by atoms with van der Waals surface area (Å²) in [6.45, 7) is 8.88. The SMILES string of the molecule is CCN(CC)CC(C)O.Nc1ccc(C(=O)O)cc1. The number of nitrogen functional groups attached to an aromatic ring is 1. The topological polar surface area (TPSA) is 86.8 Å². The molecule has 1 rings (SSSR count). The van der Waals surface area contributed by atoms with E-state index in [4.69, 9.17) is 15.9 Å². The van der Waals surface area contributed by atoms with Crippen LogP contribution in [-0.4, -0.2) is 46.8 Å². The Hall–Kier alpha value is -1.59. The van der Waals surface area contributed by atoms with Gasteiger partial charge in [0.1, 0.15) is 0 Å². The van der Waals surface area contributed by atoms with Gasteiger partial charge in [0, 0.05) is 12.2 Å². The van der Waals surface area contributed by atoms with Gasteiger partial charge in [-0.05, 0) is 44.3 Å². The zero-order valence-corrected chi connectivity index (χ0v) is 11.8. The number of likely N-dealkylation sites (N-methyl/N-ethyl adjacent to an activating group) is 1. The normalized spacial score (nSPS) is 11.6. The van der Waals surface area contributed by atoms with Crippen LogP contribution in [0.2, 0.25) is 0 Å². The Morgan fingerprint density at radius 1 is 1.26 bits per heavy atom. The Morgan fingerprint density at radius 2 is 1.74 bits per heavy atom. The average Bonchev–Trinajstić information content (AvgIpc) is 2.37. The van der Waals surface area contributed by atoms with Crippen LogP contribution in [-0.2, 0) is 0 Å². The predicted octanol–water partition coefficient (Wildman–Crippen LogP) is 1.68.